The number of likely N-dealkylation sites (N-methyl/N-ethyl adjacent to an activating group) is 1. The number of para-hydroxylation sites is 1. The molecule has 0 radical (unpaired) electrons. The molecule has 0 heterocycles. The monoisotopic (exact) mass is 390 g/mol. The Bertz CT molecular complexity index is 781. The first-order valence-electron chi connectivity index (χ1n) is 8.76. The van der Waals surface area contributed by atoms with E-state index in [1.54, 1.807) is 25.2 Å². The third-order valence-electron chi connectivity index (χ3n) is 3.56. The van der Waals surface area contributed by atoms with E-state index in [-0.39, 0.29) is 30.9 Å². The van der Waals surface area contributed by atoms with Crippen LogP contribution in [-0.2, 0) is 9.59 Å². The van der Waals surface area contributed by atoms with E-state index < -0.39 is 0 Å². The minimum Gasteiger partial charge on any atom is -0.455 e. The topological polar surface area (TPSA) is 71.9 Å². The molecule has 0 aliphatic heterocycles. The zero-order chi connectivity index (χ0) is 19.8. The Labute approximate surface area is 164 Å². The van der Waals surface area contributed by atoms with Crippen molar-refractivity contribution in [1.29, 1.82) is 0 Å². The molecule has 0 saturated heterocycles. The largest absolute Gasteiger partial charge is 0.455 e. The zero-order valence-corrected chi connectivity index (χ0v) is 16.5. The highest BCUT2D eigenvalue weighted by Gasteiger charge is 2.16. The van der Waals surface area contributed by atoms with Crippen molar-refractivity contribution in [3.05, 3.63) is 53.6 Å². The number of carbonyl (C=O) groups is 2. The van der Waals surface area contributed by atoms with Gasteiger partial charge in [0.25, 0.3) is 11.8 Å². The lowest BCUT2D eigenvalue weighted by atomic mass is 10.2. The van der Waals surface area contributed by atoms with Gasteiger partial charge in [-0.15, -0.1) is 0 Å². The molecule has 2 aromatic rings. The van der Waals surface area contributed by atoms with Gasteiger partial charge in [0, 0.05) is 11.1 Å². The Hall–Kier alpha value is -2.57. The summed E-state index contributed by atoms with van der Waals surface area (Å²) in [4.78, 5) is 25.0. The van der Waals surface area contributed by atoms with Crippen LogP contribution in [0.5, 0.6) is 11.5 Å². The third kappa shape index (κ3) is 7.29. The highest BCUT2D eigenvalue weighted by molar-refractivity contribution is 6.31. The lowest BCUT2D eigenvalue weighted by Crippen LogP contribution is -3.11. The molecule has 1 unspecified atom stereocenters. The molecule has 0 aromatic heterocycles. The van der Waals surface area contributed by atoms with Crippen LogP contribution in [0.15, 0.2) is 48.5 Å². The summed E-state index contributed by atoms with van der Waals surface area (Å²) in [5, 5.41) is 6.12. The van der Waals surface area contributed by atoms with E-state index in [2.05, 4.69) is 10.6 Å². The van der Waals surface area contributed by atoms with Crippen molar-refractivity contribution in [3.63, 3.8) is 0 Å². The van der Waals surface area contributed by atoms with Crippen molar-refractivity contribution in [2.75, 3.05) is 25.5 Å². The summed E-state index contributed by atoms with van der Waals surface area (Å²) in [6, 6.07) is 14.4. The molecule has 0 bridgehead atoms. The Morgan fingerprint density at radius 2 is 1.74 bits per heavy atom. The van der Waals surface area contributed by atoms with Gasteiger partial charge < -0.3 is 20.3 Å². The highest BCUT2D eigenvalue weighted by Crippen LogP contribution is 2.31. The van der Waals surface area contributed by atoms with Crippen molar-refractivity contribution in [1.82, 2.24) is 5.32 Å². The standard InChI is InChI=1S/C20H24ClN3O3/c1-14(2)22-19(25)12-24(3)13-20(26)23-17-11-15(21)9-10-18(17)27-16-7-5-4-6-8-16/h4-11,14H,12-13H2,1-3H3,(H,22,25)(H,23,26)/p+1. The quantitative estimate of drug-likeness (QED) is 0.646. The maximum atomic E-state index is 12.4. The number of anilines is 1. The summed E-state index contributed by atoms with van der Waals surface area (Å²) in [6.07, 6.45) is 0. The summed E-state index contributed by atoms with van der Waals surface area (Å²) in [7, 11) is 1.79. The zero-order valence-electron chi connectivity index (χ0n) is 15.7. The maximum absolute atomic E-state index is 12.4. The molecule has 144 valence electrons. The van der Waals surface area contributed by atoms with Crippen molar-refractivity contribution in [3.8, 4) is 11.5 Å². The molecule has 1 atom stereocenters. The Balaban J connectivity index is 2.00. The van der Waals surface area contributed by atoms with Crippen LogP contribution in [0.1, 0.15) is 13.8 Å². The van der Waals surface area contributed by atoms with E-state index in [1.165, 1.54) is 0 Å². The van der Waals surface area contributed by atoms with E-state index in [4.69, 9.17) is 16.3 Å². The van der Waals surface area contributed by atoms with Crippen molar-refractivity contribution in [2.24, 2.45) is 0 Å². The molecular weight excluding hydrogens is 366 g/mol. The number of amides is 2. The number of carbonyl (C=O) groups excluding carboxylic acids is 2. The molecule has 0 spiro atoms. The molecule has 2 rings (SSSR count). The fourth-order valence-electron chi connectivity index (χ4n) is 2.48. The minimum atomic E-state index is -0.231. The van der Waals surface area contributed by atoms with Gasteiger partial charge in [-0.2, -0.15) is 0 Å². The molecule has 7 heteroatoms. The van der Waals surface area contributed by atoms with Gasteiger partial charge >= 0.3 is 0 Å². The lowest BCUT2D eigenvalue weighted by Gasteiger charge is -2.16. The van der Waals surface area contributed by atoms with Crippen LogP contribution in [-0.4, -0.2) is 38.0 Å². The van der Waals surface area contributed by atoms with Crippen molar-refractivity contribution >= 4 is 29.1 Å². The molecule has 0 aliphatic carbocycles. The Kier molecular flexibility index (Phi) is 7.64. The van der Waals surface area contributed by atoms with Crippen LogP contribution in [0.3, 0.4) is 0 Å². The van der Waals surface area contributed by atoms with E-state index in [1.807, 2.05) is 44.2 Å². The van der Waals surface area contributed by atoms with Gasteiger partial charge in [-0.1, -0.05) is 29.8 Å². The van der Waals surface area contributed by atoms with Gasteiger partial charge in [-0.25, -0.2) is 0 Å². The van der Waals surface area contributed by atoms with E-state index in [9.17, 15) is 9.59 Å². The van der Waals surface area contributed by atoms with Crippen LogP contribution in [0.2, 0.25) is 5.02 Å². The number of benzene rings is 2. The number of ether oxygens (including phenoxy) is 1. The van der Waals surface area contributed by atoms with Crippen LogP contribution < -0.4 is 20.3 Å². The molecular formula is C20H25ClN3O3+. The third-order valence-corrected chi connectivity index (χ3v) is 3.80. The predicted molar refractivity (Wildman–Crippen MR) is 106 cm³/mol. The molecule has 2 aromatic carbocycles. The summed E-state index contributed by atoms with van der Waals surface area (Å²) in [6.45, 7) is 4.15. The average Bonchev–Trinajstić information content (AvgIpc) is 2.57. The second-order valence-corrected chi connectivity index (χ2v) is 7.07. The highest BCUT2D eigenvalue weighted by atomic mass is 35.5. The SMILES string of the molecule is CC(C)NC(=O)C[NH+](C)CC(=O)Nc1cc(Cl)ccc1Oc1ccccc1. The number of nitrogens with one attached hydrogen (secondary N) is 3. The van der Waals surface area contributed by atoms with Gasteiger partial charge in [0.15, 0.2) is 18.8 Å². The van der Waals surface area contributed by atoms with Crippen molar-refractivity contribution < 1.29 is 19.2 Å². The molecule has 0 saturated carbocycles. The van der Waals surface area contributed by atoms with Crippen LogP contribution >= 0.6 is 11.6 Å². The summed E-state index contributed by atoms with van der Waals surface area (Å²) in [5.41, 5.74) is 0.482. The molecule has 0 aliphatic rings. The van der Waals surface area contributed by atoms with Gasteiger partial charge in [-0.3, -0.25) is 9.59 Å². The van der Waals surface area contributed by atoms with E-state index in [0.29, 0.717) is 22.2 Å². The Morgan fingerprint density at radius 3 is 2.41 bits per heavy atom. The fourth-order valence-corrected chi connectivity index (χ4v) is 2.65. The van der Waals surface area contributed by atoms with Crippen LogP contribution in [0.4, 0.5) is 5.69 Å². The first kappa shape index (κ1) is 20.7. The van der Waals surface area contributed by atoms with Crippen LogP contribution in [0, 0.1) is 0 Å². The number of halogens is 1. The summed E-state index contributed by atoms with van der Waals surface area (Å²) in [5.74, 6) is 0.828. The molecule has 3 N–H and O–H groups in total. The van der Waals surface area contributed by atoms with Gasteiger partial charge in [0.2, 0.25) is 0 Å². The number of quaternary nitrogens is 1. The Morgan fingerprint density at radius 1 is 1.07 bits per heavy atom. The normalized spacial score (nSPS) is 11.7. The molecule has 2 amide bonds. The summed E-state index contributed by atoms with van der Waals surface area (Å²) >= 11 is 6.06. The first-order valence-corrected chi connectivity index (χ1v) is 9.14. The minimum absolute atomic E-state index is 0.0725. The van der Waals surface area contributed by atoms with E-state index in [0.717, 1.165) is 4.90 Å². The smallest absolute Gasteiger partial charge is 0.279 e. The number of rotatable bonds is 8. The summed E-state index contributed by atoms with van der Waals surface area (Å²) < 4.78 is 5.83. The average molecular weight is 391 g/mol. The molecule has 6 nitrogen and oxygen atoms in total. The fraction of sp³-hybridized carbons (Fsp3) is 0.300. The van der Waals surface area contributed by atoms with Gasteiger partial charge in [0.1, 0.15) is 5.75 Å². The van der Waals surface area contributed by atoms with E-state index >= 15 is 0 Å². The number of hydrogen-bond acceptors (Lipinski definition) is 3. The molecule has 0 fully saturated rings. The second-order valence-electron chi connectivity index (χ2n) is 6.64. The second kappa shape index (κ2) is 9.94. The van der Waals surface area contributed by atoms with Crippen molar-refractivity contribution in [2.45, 2.75) is 19.9 Å². The van der Waals surface area contributed by atoms with Crippen LogP contribution in [0.25, 0.3) is 0 Å². The van der Waals surface area contributed by atoms with Gasteiger partial charge in [-0.05, 0) is 44.2 Å². The first-order chi connectivity index (χ1) is 12.8. The molecule has 27 heavy (non-hydrogen) atoms. The predicted octanol–water partition coefficient (Wildman–Crippen LogP) is 2.11. The van der Waals surface area contributed by atoms with Gasteiger partial charge in [0.05, 0.1) is 12.7 Å². The lowest BCUT2D eigenvalue weighted by molar-refractivity contribution is -0.862. The number of hydrogen-bond donors (Lipinski definition) is 3. The maximum Gasteiger partial charge on any atom is 0.279 e.